The quantitative estimate of drug-likeness (QED) is 0.686. The van der Waals surface area contributed by atoms with E-state index in [0.29, 0.717) is 6.10 Å². The van der Waals surface area contributed by atoms with Gasteiger partial charge in [0.2, 0.25) is 0 Å². The first kappa shape index (κ1) is 13.2. The predicted octanol–water partition coefficient (Wildman–Crippen LogP) is 1.81. The molecule has 0 radical (unpaired) electrons. The first-order chi connectivity index (χ1) is 7.72. The lowest BCUT2D eigenvalue weighted by Crippen LogP contribution is -2.13. The molecule has 0 spiro atoms. The molecule has 0 aliphatic rings. The van der Waals surface area contributed by atoms with Crippen LogP contribution in [-0.4, -0.2) is 29.0 Å². The Morgan fingerprint density at radius 1 is 1.50 bits per heavy atom. The molecule has 0 saturated carbocycles. The minimum Gasteiger partial charge on any atom is -0.377 e. The van der Waals surface area contributed by atoms with Crippen molar-refractivity contribution in [3.05, 3.63) is 18.0 Å². The number of rotatable bonds is 8. The average molecular weight is 225 g/mol. The molecule has 0 amide bonds. The van der Waals surface area contributed by atoms with E-state index in [1.807, 2.05) is 24.7 Å². The van der Waals surface area contributed by atoms with Crippen LogP contribution in [0.25, 0.3) is 0 Å². The van der Waals surface area contributed by atoms with Crippen LogP contribution in [0.3, 0.4) is 0 Å². The van der Waals surface area contributed by atoms with Gasteiger partial charge in [-0.05, 0) is 26.8 Å². The van der Waals surface area contributed by atoms with Gasteiger partial charge in [0.15, 0.2) is 0 Å². The van der Waals surface area contributed by atoms with Gasteiger partial charge in [-0.2, -0.15) is 5.10 Å². The van der Waals surface area contributed by atoms with Crippen LogP contribution in [0.2, 0.25) is 0 Å². The van der Waals surface area contributed by atoms with Crippen LogP contribution in [0, 0.1) is 0 Å². The molecule has 0 unspecified atom stereocenters. The van der Waals surface area contributed by atoms with Crippen molar-refractivity contribution in [3.8, 4) is 0 Å². The fourth-order valence-electron chi connectivity index (χ4n) is 1.41. The van der Waals surface area contributed by atoms with Crippen LogP contribution >= 0.6 is 0 Å². The smallest absolute Gasteiger partial charge is 0.0666 e. The summed E-state index contributed by atoms with van der Waals surface area (Å²) in [6.07, 6.45) is 5.45. The normalized spacial score (nSPS) is 11.2. The van der Waals surface area contributed by atoms with E-state index in [-0.39, 0.29) is 0 Å². The number of hydrogen-bond donors (Lipinski definition) is 1. The van der Waals surface area contributed by atoms with Crippen molar-refractivity contribution in [2.24, 2.45) is 0 Å². The zero-order chi connectivity index (χ0) is 11.8. The lowest BCUT2D eigenvalue weighted by Gasteiger charge is -2.06. The van der Waals surface area contributed by atoms with E-state index >= 15 is 0 Å². The van der Waals surface area contributed by atoms with E-state index < -0.39 is 0 Å². The first-order valence-electron chi connectivity index (χ1n) is 6.06. The molecule has 1 aromatic heterocycles. The van der Waals surface area contributed by atoms with Crippen molar-refractivity contribution in [2.45, 2.75) is 46.4 Å². The van der Waals surface area contributed by atoms with E-state index in [2.05, 4.69) is 23.5 Å². The molecule has 92 valence electrons. The Labute approximate surface area is 98.0 Å². The Balaban J connectivity index is 2.22. The van der Waals surface area contributed by atoms with E-state index in [1.165, 1.54) is 5.56 Å². The largest absolute Gasteiger partial charge is 0.377 e. The molecule has 16 heavy (non-hydrogen) atoms. The number of nitrogens with one attached hydrogen (secondary N) is 1. The summed E-state index contributed by atoms with van der Waals surface area (Å²) in [4.78, 5) is 0. The predicted molar refractivity (Wildman–Crippen MR) is 65.3 cm³/mol. The molecule has 0 saturated heterocycles. The molecule has 0 aromatic carbocycles. The maximum absolute atomic E-state index is 5.48. The number of nitrogens with zero attached hydrogens (tertiary/aromatic N) is 2. The van der Waals surface area contributed by atoms with Gasteiger partial charge in [0.25, 0.3) is 0 Å². The van der Waals surface area contributed by atoms with Gasteiger partial charge >= 0.3 is 0 Å². The van der Waals surface area contributed by atoms with Crippen LogP contribution in [0.5, 0.6) is 0 Å². The summed E-state index contributed by atoms with van der Waals surface area (Å²) < 4.78 is 7.41. The zero-order valence-electron chi connectivity index (χ0n) is 10.6. The van der Waals surface area contributed by atoms with E-state index in [4.69, 9.17) is 4.74 Å². The maximum atomic E-state index is 5.48. The monoisotopic (exact) mass is 225 g/mol. The van der Waals surface area contributed by atoms with Crippen LogP contribution in [-0.2, 0) is 17.8 Å². The van der Waals surface area contributed by atoms with Crippen molar-refractivity contribution in [1.82, 2.24) is 15.1 Å². The molecular formula is C12H23N3O. The van der Waals surface area contributed by atoms with E-state index in [0.717, 1.165) is 32.7 Å². The zero-order valence-corrected chi connectivity index (χ0v) is 10.6. The van der Waals surface area contributed by atoms with Crippen LogP contribution in [0.15, 0.2) is 12.4 Å². The van der Waals surface area contributed by atoms with Gasteiger partial charge in [0, 0.05) is 18.3 Å². The second-order valence-corrected chi connectivity index (χ2v) is 4.21. The van der Waals surface area contributed by atoms with Gasteiger partial charge in [-0.3, -0.25) is 4.68 Å². The Hall–Kier alpha value is -0.870. The summed E-state index contributed by atoms with van der Waals surface area (Å²) >= 11 is 0. The molecule has 1 N–H and O–H groups in total. The topological polar surface area (TPSA) is 39.1 Å². The standard InChI is InChI=1S/C12H23N3O/c1-4-5-13-8-12-9-14-15(10-12)6-7-16-11(2)3/h9-11,13H,4-8H2,1-3H3. The molecule has 0 atom stereocenters. The molecule has 0 fully saturated rings. The van der Waals surface area contributed by atoms with Gasteiger partial charge in [-0.25, -0.2) is 0 Å². The molecular weight excluding hydrogens is 202 g/mol. The Morgan fingerprint density at radius 3 is 3.00 bits per heavy atom. The highest BCUT2D eigenvalue weighted by molar-refractivity contribution is 5.03. The van der Waals surface area contributed by atoms with Crippen molar-refractivity contribution in [2.75, 3.05) is 13.2 Å². The lowest BCUT2D eigenvalue weighted by molar-refractivity contribution is 0.0709. The van der Waals surface area contributed by atoms with Crippen molar-refractivity contribution >= 4 is 0 Å². The van der Waals surface area contributed by atoms with Crippen LogP contribution in [0.4, 0.5) is 0 Å². The minimum absolute atomic E-state index is 0.293. The minimum atomic E-state index is 0.293. The summed E-state index contributed by atoms with van der Waals surface area (Å²) in [5, 5.41) is 7.64. The third-order valence-corrected chi connectivity index (χ3v) is 2.21. The lowest BCUT2D eigenvalue weighted by atomic mass is 10.3. The van der Waals surface area contributed by atoms with Crippen LogP contribution in [0.1, 0.15) is 32.8 Å². The molecule has 4 heteroatoms. The summed E-state index contributed by atoms with van der Waals surface area (Å²) in [6, 6.07) is 0. The summed E-state index contributed by atoms with van der Waals surface area (Å²) in [5.74, 6) is 0. The Morgan fingerprint density at radius 2 is 2.31 bits per heavy atom. The second kappa shape index (κ2) is 7.41. The molecule has 1 aromatic rings. The third-order valence-electron chi connectivity index (χ3n) is 2.21. The molecule has 1 rings (SSSR count). The SMILES string of the molecule is CCCNCc1cnn(CCOC(C)C)c1. The Bertz CT molecular complexity index is 284. The van der Waals surface area contributed by atoms with Crippen molar-refractivity contribution in [1.29, 1.82) is 0 Å². The van der Waals surface area contributed by atoms with Gasteiger partial charge in [-0.1, -0.05) is 6.92 Å². The van der Waals surface area contributed by atoms with Gasteiger partial charge < -0.3 is 10.1 Å². The Kier molecular flexibility index (Phi) is 6.11. The molecule has 4 nitrogen and oxygen atoms in total. The summed E-state index contributed by atoms with van der Waals surface area (Å²) in [5.41, 5.74) is 1.23. The summed E-state index contributed by atoms with van der Waals surface area (Å²) in [6.45, 7) is 9.76. The highest BCUT2D eigenvalue weighted by Gasteiger charge is 1.99. The van der Waals surface area contributed by atoms with E-state index in [9.17, 15) is 0 Å². The van der Waals surface area contributed by atoms with Crippen molar-refractivity contribution in [3.63, 3.8) is 0 Å². The molecule has 0 aliphatic carbocycles. The van der Waals surface area contributed by atoms with Crippen molar-refractivity contribution < 1.29 is 4.74 Å². The first-order valence-corrected chi connectivity index (χ1v) is 6.06. The fourth-order valence-corrected chi connectivity index (χ4v) is 1.41. The fraction of sp³-hybridized carbons (Fsp3) is 0.750. The maximum Gasteiger partial charge on any atom is 0.0666 e. The number of ether oxygens (including phenoxy) is 1. The number of hydrogen-bond acceptors (Lipinski definition) is 3. The van der Waals surface area contributed by atoms with Gasteiger partial charge in [-0.15, -0.1) is 0 Å². The summed E-state index contributed by atoms with van der Waals surface area (Å²) in [7, 11) is 0. The highest BCUT2D eigenvalue weighted by Crippen LogP contribution is 1.98. The van der Waals surface area contributed by atoms with E-state index in [1.54, 1.807) is 0 Å². The average Bonchev–Trinajstić information content (AvgIpc) is 2.66. The van der Waals surface area contributed by atoms with Gasteiger partial charge in [0.05, 0.1) is 25.5 Å². The molecule has 0 bridgehead atoms. The molecule has 1 heterocycles. The van der Waals surface area contributed by atoms with Crippen LogP contribution < -0.4 is 5.32 Å². The van der Waals surface area contributed by atoms with Gasteiger partial charge in [0.1, 0.15) is 0 Å². The second-order valence-electron chi connectivity index (χ2n) is 4.21. The third kappa shape index (κ3) is 5.28. The number of aromatic nitrogens is 2. The molecule has 0 aliphatic heterocycles. The highest BCUT2D eigenvalue weighted by atomic mass is 16.5.